The van der Waals surface area contributed by atoms with Crippen molar-refractivity contribution in [2.24, 2.45) is 5.92 Å². The molecule has 2 heteroatoms. The number of rotatable bonds is 6. The summed E-state index contributed by atoms with van der Waals surface area (Å²) in [6, 6.07) is 0. The molecule has 0 fully saturated rings. The molecule has 0 saturated heterocycles. The van der Waals surface area contributed by atoms with Crippen LogP contribution in [-0.4, -0.2) is 12.5 Å². The Balaban J connectivity index is 3.00. The molecule has 0 rings (SSSR count). The van der Waals surface area contributed by atoms with Crippen LogP contribution in [0, 0.1) is 5.92 Å². The lowest BCUT2D eigenvalue weighted by molar-refractivity contribution is 0.482. The molecule has 10 heavy (non-hydrogen) atoms. The van der Waals surface area contributed by atoms with E-state index in [9.17, 15) is 0 Å². The maximum Gasteiger partial charge on any atom is 0.287 e. The van der Waals surface area contributed by atoms with Crippen LogP contribution in [0.2, 0.25) is 6.32 Å². The first-order valence-corrected chi connectivity index (χ1v) is 4.27. The van der Waals surface area contributed by atoms with E-state index in [1.165, 1.54) is 26.7 Å². The highest BCUT2D eigenvalue weighted by molar-refractivity contribution is 6.25. The molecular formula is C8H18BO. The third-order valence-corrected chi connectivity index (χ3v) is 1.84. The van der Waals surface area contributed by atoms with Crippen molar-refractivity contribution in [3.8, 4) is 0 Å². The van der Waals surface area contributed by atoms with Gasteiger partial charge in [-0.3, -0.25) is 0 Å². The van der Waals surface area contributed by atoms with Gasteiger partial charge in [0.15, 0.2) is 0 Å². The number of unbranched alkanes of at least 4 members (excludes halogenated alkanes) is 1. The molecule has 1 radical (unpaired) electrons. The first kappa shape index (κ1) is 10.0. The second-order valence-corrected chi connectivity index (χ2v) is 3.01. The summed E-state index contributed by atoms with van der Waals surface area (Å²) in [5.41, 5.74) is 0. The highest BCUT2D eigenvalue weighted by atomic mass is 16.2. The molecule has 0 aliphatic rings. The summed E-state index contributed by atoms with van der Waals surface area (Å²) in [5.74, 6) is 0.781. The number of hydrogen-bond acceptors (Lipinski definition) is 1. The summed E-state index contributed by atoms with van der Waals surface area (Å²) in [7, 11) is 1.27. The van der Waals surface area contributed by atoms with Gasteiger partial charge in [-0.25, -0.2) is 0 Å². The molecule has 0 aliphatic heterocycles. The molecule has 0 aliphatic carbocycles. The minimum atomic E-state index is 0.781. The quantitative estimate of drug-likeness (QED) is 0.562. The predicted molar refractivity (Wildman–Crippen MR) is 46.1 cm³/mol. The van der Waals surface area contributed by atoms with Gasteiger partial charge in [0.05, 0.1) is 0 Å². The van der Waals surface area contributed by atoms with Crippen molar-refractivity contribution in [3.63, 3.8) is 0 Å². The highest BCUT2D eigenvalue weighted by Gasteiger charge is 2.00. The van der Waals surface area contributed by atoms with E-state index in [1.807, 2.05) is 0 Å². The molecule has 0 aromatic carbocycles. The van der Waals surface area contributed by atoms with E-state index in [1.54, 1.807) is 0 Å². The second kappa shape index (κ2) is 7.14. The summed E-state index contributed by atoms with van der Waals surface area (Å²) < 4.78 is 0. The van der Waals surface area contributed by atoms with Crippen LogP contribution in [0.1, 0.15) is 39.5 Å². The third kappa shape index (κ3) is 6.15. The maximum atomic E-state index is 8.42. The Morgan fingerprint density at radius 2 is 2.10 bits per heavy atom. The van der Waals surface area contributed by atoms with Crippen molar-refractivity contribution in [1.29, 1.82) is 0 Å². The Bertz CT molecular complexity index is 58.3. The van der Waals surface area contributed by atoms with E-state index in [0.717, 1.165) is 18.7 Å². The normalized spacial score (nSPS) is 13.1. The SMILES string of the molecule is CCCCC(C)CC[B]O. The van der Waals surface area contributed by atoms with Gasteiger partial charge in [0.1, 0.15) is 0 Å². The molecular weight excluding hydrogens is 123 g/mol. The lowest BCUT2D eigenvalue weighted by Crippen LogP contribution is -1.96. The van der Waals surface area contributed by atoms with Crippen LogP contribution in [-0.2, 0) is 0 Å². The first-order chi connectivity index (χ1) is 4.81. The fourth-order valence-corrected chi connectivity index (χ4v) is 1.06. The van der Waals surface area contributed by atoms with Gasteiger partial charge in [0.25, 0.3) is 7.48 Å². The van der Waals surface area contributed by atoms with Crippen LogP contribution < -0.4 is 0 Å². The van der Waals surface area contributed by atoms with Gasteiger partial charge in [-0.05, 0) is 5.92 Å². The van der Waals surface area contributed by atoms with Gasteiger partial charge < -0.3 is 5.02 Å². The van der Waals surface area contributed by atoms with E-state index >= 15 is 0 Å². The molecule has 1 unspecified atom stereocenters. The molecule has 0 aromatic heterocycles. The molecule has 0 spiro atoms. The monoisotopic (exact) mass is 141 g/mol. The fourth-order valence-electron chi connectivity index (χ4n) is 1.06. The molecule has 0 bridgehead atoms. The minimum absolute atomic E-state index is 0.781. The predicted octanol–water partition coefficient (Wildman–Crippen LogP) is 2.23. The van der Waals surface area contributed by atoms with Crippen LogP contribution in [0.25, 0.3) is 0 Å². The van der Waals surface area contributed by atoms with Gasteiger partial charge in [0, 0.05) is 0 Å². The van der Waals surface area contributed by atoms with E-state index in [2.05, 4.69) is 13.8 Å². The van der Waals surface area contributed by atoms with E-state index in [-0.39, 0.29) is 0 Å². The van der Waals surface area contributed by atoms with Crippen molar-refractivity contribution in [2.75, 3.05) is 0 Å². The molecule has 0 amide bonds. The first-order valence-electron chi connectivity index (χ1n) is 4.27. The topological polar surface area (TPSA) is 20.2 Å². The van der Waals surface area contributed by atoms with E-state index < -0.39 is 0 Å². The zero-order valence-electron chi connectivity index (χ0n) is 7.14. The van der Waals surface area contributed by atoms with Gasteiger partial charge >= 0.3 is 0 Å². The van der Waals surface area contributed by atoms with Crippen LogP contribution in [0.4, 0.5) is 0 Å². The summed E-state index contributed by atoms with van der Waals surface area (Å²) in [6.45, 7) is 4.46. The molecule has 0 heterocycles. The Morgan fingerprint density at radius 3 is 2.60 bits per heavy atom. The Labute approximate surface area is 65.1 Å². The fraction of sp³-hybridized carbons (Fsp3) is 1.00. The van der Waals surface area contributed by atoms with Crippen molar-refractivity contribution in [2.45, 2.75) is 45.9 Å². The molecule has 1 atom stereocenters. The standard InChI is InChI=1S/C8H18BO/c1-3-4-5-8(2)6-7-9-10/h8,10H,3-7H2,1-2H3. The van der Waals surface area contributed by atoms with Crippen molar-refractivity contribution >= 4 is 7.48 Å². The average Bonchev–Trinajstić information content (AvgIpc) is 1.97. The van der Waals surface area contributed by atoms with Crippen molar-refractivity contribution in [1.82, 2.24) is 0 Å². The van der Waals surface area contributed by atoms with Crippen LogP contribution >= 0.6 is 0 Å². The van der Waals surface area contributed by atoms with Crippen LogP contribution in [0.15, 0.2) is 0 Å². The average molecular weight is 141 g/mol. The van der Waals surface area contributed by atoms with Gasteiger partial charge in [-0.2, -0.15) is 0 Å². The Kier molecular flexibility index (Phi) is 7.15. The van der Waals surface area contributed by atoms with Crippen molar-refractivity contribution in [3.05, 3.63) is 0 Å². The van der Waals surface area contributed by atoms with Gasteiger partial charge in [-0.1, -0.05) is 45.9 Å². The summed E-state index contributed by atoms with van der Waals surface area (Å²) in [6.07, 6.45) is 5.91. The van der Waals surface area contributed by atoms with Gasteiger partial charge in [0.2, 0.25) is 0 Å². The van der Waals surface area contributed by atoms with Gasteiger partial charge in [-0.15, -0.1) is 0 Å². The molecule has 0 saturated carbocycles. The zero-order chi connectivity index (χ0) is 7.82. The lowest BCUT2D eigenvalue weighted by atomic mass is 9.87. The smallest absolute Gasteiger partial charge is 0.287 e. The Morgan fingerprint density at radius 1 is 1.40 bits per heavy atom. The summed E-state index contributed by atoms with van der Waals surface area (Å²) in [5, 5.41) is 8.42. The highest BCUT2D eigenvalue weighted by Crippen LogP contribution is 2.13. The lowest BCUT2D eigenvalue weighted by Gasteiger charge is -2.07. The van der Waals surface area contributed by atoms with Crippen LogP contribution in [0.5, 0.6) is 0 Å². The minimum Gasteiger partial charge on any atom is -0.454 e. The third-order valence-electron chi connectivity index (χ3n) is 1.84. The summed E-state index contributed by atoms with van der Waals surface area (Å²) in [4.78, 5) is 0. The molecule has 1 N–H and O–H groups in total. The largest absolute Gasteiger partial charge is 0.454 e. The molecule has 0 aromatic rings. The van der Waals surface area contributed by atoms with Crippen molar-refractivity contribution < 1.29 is 5.02 Å². The zero-order valence-corrected chi connectivity index (χ0v) is 7.14. The number of hydrogen-bond donors (Lipinski definition) is 1. The van der Waals surface area contributed by atoms with E-state index in [4.69, 9.17) is 5.02 Å². The van der Waals surface area contributed by atoms with Crippen LogP contribution in [0.3, 0.4) is 0 Å². The Hall–Kier alpha value is 0.0249. The summed E-state index contributed by atoms with van der Waals surface area (Å²) >= 11 is 0. The second-order valence-electron chi connectivity index (χ2n) is 3.01. The molecule has 1 nitrogen and oxygen atoms in total. The van der Waals surface area contributed by atoms with E-state index in [0.29, 0.717) is 0 Å². The maximum absolute atomic E-state index is 8.42. The molecule has 59 valence electrons.